The van der Waals surface area contributed by atoms with Crippen LogP contribution in [0, 0.1) is 6.17 Å². The number of nitrogens with two attached hydrogens (primary N) is 1. The van der Waals surface area contributed by atoms with E-state index in [0.29, 0.717) is 18.3 Å². The molecule has 1 aliphatic rings. The van der Waals surface area contributed by atoms with E-state index in [9.17, 15) is 4.79 Å². The minimum absolute atomic E-state index is 0.146. The summed E-state index contributed by atoms with van der Waals surface area (Å²) in [4.78, 5) is 11.3. The van der Waals surface area contributed by atoms with Gasteiger partial charge in [-0.2, -0.15) is 0 Å². The highest BCUT2D eigenvalue weighted by Crippen LogP contribution is 2.08. The Bertz CT molecular complexity index is 232. The van der Waals surface area contributed by atoms with Gasteiger partial charge in [-0.3, -0.25) is 4.79 Å². The quantitative estimate of drug-likeness (QED) is 0.523. The fourth-order valence-corrected chi connectivity index (χ4v) is 0.904. The lowest BCUT2D eigenvalue weighted by Crippen LogP contribution is -2.36. The van der Waals surface area contributed by atoms with Crippen molar-refractivity contribution in [3.63, 3.8) is 0 Å². The Kier molecular flexibility index (Phi) is 2.88. The Morgan fingerprint density at radius 1 is 1.75 bits per heavy atom. The van der Waals surface area contributed by atoms with Crippen molar-refractivity contribution in [3.05, 3.63) is 30.1 Å². The van der Waals surface area contributed by atoms with Crippen LogP contribution in [-0.2, 0) is 4.79 Å². The number of dihydropyridines is 1. The number of rotatable bonds is 2. The first-order valence-corrected chi connectivity index (χ1v) is 3.80. The summed E-state index contributed by atoms with van der Waals surface area (Å²) in [7, 11) is 0. The average Bonchev–Trinajstić information content (AvgIpc) is 2.05. The number of hydrogen-bond donors (Lipinski definition) is 3. The maximum Gasteiger partial charge on any atom is 0.251 e. The van der Waals surface area contributed by atoms with Crippen LogP contribution in [0.5, 0.6) is 0 Å². The zero-order chi connectivity index (χ0) is 8.97. The minimum Gasteiger partial charge on any atom is -0.366 e. The van der Waals surface area contributed by atoms with Gasteiger partial charge < -0.3 is 16.4 Å². The second-order valence-corrected chi connectivity index (χ2v) is 2.36. The molecular formula is C8H12N3O. The third-order valence-electron chi connectivity index (χ3n) is 1.47. The first-order valence-electron chi connectivity index (χ1n) is 3.80. The van der Waals surface area contributed by atoms with Crippen LogP contribution in [0.2, 0.25) is 0 Å². The summed E-state index contributed by atoms with van der Waals surface area (Å²) >= 11 is 0. The van der Waals surface area contributed by atoms with Crippen molar-refractivity contribution in [1.29, 1.82) is 0 Å². The van der Waals surface area contributed by atoms with Gasteiger partial charge in [0.15, 0.2) is 6.17 Å². The zero-order valence-corrected chi connectivity index (χ0v) is 6.92. The van der Waals surface area contributed by atoms with Crippen LogP contribution in [0.25, 0.3) is 0 Å². The predicted molar refractivity (Wildman–Crippen MR) is 46.5 cm³/mol. The van der Waals surface area contributed by atoms with Crippen molar-refractivity contribution in [2.45, 2.75) is 6.92 Å². The maximum atomic E-state index is 11.3. The Balaban J connectivity index is 2.65. The van der Waals surface area contributed by atoms with E-state index in [-0.39, 0.29) is 5.91 Å². The number of hydrogen-bond acceptors (Lipinski definition) is 3. The molecule has 0 saturated carbocycles. The van der Waals surface area contributed by atoms with Crippen molar-refractivity contribution in [2.75, 3.05) is 6.54 Å². The second kappa shape index (κ2) is 3.92. The van der Waals surface area contributed by atoms with E-state index in [2.05, 4.69) is 10.6 Å². The number of carbonyl (C=O) groups is 1. The molecule has 12 heavy (non-hydrogen) atoms. The molecule has 4 nitrogen and oxygen atoms in total. The Labute approximate surface area is 71.5 Å². The molecule has 1 rings (SSSR count). The highest BCUT2D eigenvalue weighted by Gasteiger charge is 2.17. The lowest BCUT2D eigenvalue weighted by molar-refractivity contribution is -0.117. The first-order chi connectivity index (χ1) is 5.75. The van der Waals surface area contributed by atoms with Gasteiger partial charge in [0.05, 0.1) is 5.57 Å². The molecule has 1 amide bonds. The largest absolute Gasteiger partial charge is 0.366 e. The summed E-state index contributed by atoms with van der Waals surface area (Å²) in [5, 5.41) is 5.42. The van der Waals surface area contributed by atoms with Crippen LogP contribution in [0.15, 0.2) is 23.9 Å². The van der Waals surface area contributed by atoms with E-state index in [1.54, 1.807) is 18.4 Å². The van der Waals surface area contributed by atoms with Crippen molar-refractivity contribution in [3.8, 4) is 0 Å². The standard InChI is InChI=1S/C8H12N3O/c1-2-10-8(12)6-4-3-5-11-7(6)9/h3-5,11H,2,9H2,1H3,(H,10,12). The lowest BCUT2D eigenvalue weighted by atomic mass is 10.1. The average molecular weight is 166 g/mol. The highest BCUT2D eigenvalue weighted by molar-refractivity contribution is 5.96. The number of allylic oxidation sites excluding steroid dienone is 2. The molecule has 1 heterocycles. The first kappa shape index (κ1) is 8.80. The molecule has 4 N–H and O–H groups in total. The van der Waals surface area contributed by atoms with Crippen molar-refractivity contribution in [2.24, 2.45) is 5.73 Å². The molecule has 0 aromatic heterocycles. The third kappa shape index (κ3) is 1.85. The summed E-state index contributed by atoms with van der Waals surface area (Å²) < 4.78 is 0. The van der Waals surface area contributed by atoms with Crippen molar-refractivity contribution in [1.82, 2.24) is 10.6 Å². The van der Waals surface area contributed by atoms with Crippen LogP contribution in [0.3, 0.4) is 0 Å². The van der Waals surface area contributed by atoms with Crippen LogP contribution in [0.1, 0.15) is 6.92 Å². The monoisotopic (exact) mass is 166 g/mol. The van der Waals surface area contributed by atoms with E-state index in [4.69, 9.17) is 5.73 Å². The van der Waals surface area contributed by atoms with Crippen LogP contribution in [0.4, 0.5) is 0 Å². The molecule has 4 heteroatoms. The number of amides is 1. The molecule has 0 bridgehead atoms. The molecule has 0 fully saturated rings. The van der Waals surface area contributed by atoms with Gasteiger partial charge in [0.2, 0.25) is 0 Å². The smallest absolute Gasteiger partial charge is 0.251 e. The second-order valence-electron chi connectivity index (χ2n) is 2.36. The molecule has 1 aliphatic heterocycles. The van der Waals surface area contributed by atoms with Gasteiger partial charge in [-0.05, 0) is 25.3 Å². The topological polar surface area (TPSA) is 67.2 Å². The maximum absolute atomic E-state index is 11.3. The Hall–Kier alpha value is -1.29. The molecular weight excluding hydrogens is 154 g/mol. The molecule has 1 radical (unpaired) electrons. The van der Waals surface area contributed by atoms with Gasteiger partial charge >= 0.3 is 0 Å². The summed E-state index contributed by atoms with van der Waals surface area (Å²) in [5.41, 5.74) is 6.02. The van der Waals surface area contributed by atoms with E-state index in [1.807, 2.05) is 6.92 Å². The van der Waals surface area contributed by atoms with Crippen LogP contribution in [-0.4, -0.2) is 12.5 Å². The fourth-order valence-electron chi connectivity index (χ4n) is 0.904. The Morgan fingerprint density at radius 3 is 3.08 bits per heavy atom. The van der Waals surface area contributed by atoms with E-state index in [1.165, 1.54) is 0 Å². The van der Waals surface area contributed by atoms with Crippen molar-refractivity contribution < 1.29 is 4.79 Å². The normalized spacial score (nSPS) is 16.7. The molecule has 0 saturated heterocycles. The molecule has 0 aromatic rings. The zero-order valence-electron chi connectivity index (χ0n) is 6.92. The van der Waals surface area contributed by atoms with Gasteiger partial charge in [-0.25, -0.2) is 0 Å². The van der Waals surface area contributed by atoms with Gasteiger partial charge in [0, 0.05) is 6.54 Å². The van der Waals surface area contributed by atoms with Gasteiger partial charge in [0.1, 0.15) is 0 Å². The van der Waals surface area contributed by atoms with Gasteiger partial charge in [-0.15, -0.1) is 0 Å². The van der Waals surface area contributed by atoms with Crippen LogP contribution >= 0.6 is 0 Å². The number of nitrogens with one attached hydrogen (secondary N) is 2. The van der Waals surface area contributed by atoms with Gasteiger partial charge in [0.25, 0.3) is 5.91 Å². The molecule has 0 aromatic carbocycles. The third-order valence-corrected chi connectivity index (χ3v) is 1.47. The summed E-state index contributed by atoms with van der Waals surface area (Å²) in [6.07, 6.45) is 5.49. The Morgan fingerprint density at radius 2 is 2.50 bits per heavy atom. The molecule has 0 spiro atoms. The predicted octanol–water partition coefficient (Wildman–Crippen LogP) is -0.386. The van der Waals surface area contributed by atoms with E-state index >= 15 is 0 Å². The van der Waals surface area contributed by atoms with Gasteiger partial charge in [-0.1, -0.05) is 0 Å². The molecule has 0 aliphatic carbocycles. The van der Waals surface area contributed by atoms with E-state index in [0.717, 1.165) is 0 Å². The number of likely N-dealkylation sites (N-methyl/N-ethyl adjacent to an activating group) is 1. The number of carbonyl (C=O) groups excluding carboxylic acids is 1. The molecule has 65 valence electrons. The van der Waals surface area contributed by atoms with Crippen LogP contribution < -0.4 is 16.4 Å². The molecule has 0 unspecified atom stereocenters. The minimum atomic E-state index is -0.146. The van der Waals surface area contributed by atoms with E-state index < -0.39 is 0 Å². The summed E-state index contributed by atoms with van der Waals surface area (Å²) in [6.45, 7) is 2.47. The fraction of sp³-hybridized carbons (Fsp3) is 0.250. The SMILES string of the molecule is CCNC(=O)C1=CC=CN[C]1N. The lowest BCUT2D eigenvalue weighted by Gasteiger charge is -2.16. The summed E-state index contributed by atoms with van der Waals surface area (Å²) in [6, 6.07) is 0. The molecule has 0 atom stereocenters. The van der Waals surface area contributed by atoms with Crippen molar-refractivity contribution >= 4 is 5.91 Å². The summed E-state index contributed by atoms with van der Waals surface area (Å²) in [5.74, 6) is -0.146. The highest BCUT2D eigenvalue weighted by atomic mass is 16.1.